The van der Waals surface area contributed by atoms with Gasteiger partial charge in [0.1, 0.15) is 5.75 Å². The van der Waals surface area contributed by atoms with E-state index in [2.05, 4.69) is 119 Å². The van der Waals surface area contributed by atoms with E-state index in [-0.39, 0.29) is 6.04 Å². The lowest BCUT2D eigenvalue weighted by Gasteiger charge is -2.39. The van der Waals surface area contributed by atoms with Gasteiger partial charge in [-0.2, -0.15) is 0 Å². The highest BCUT2D eigenvalue weighted by molar-refractivity contribution is 5.97. The number of fused-ring (bicyclic) bond motifs is 3. The van der Waals surface area contributed by atoms with Crippen molar-refractivity contribution in [3.05, 3.63) is 138 Å². The molecular weight excluding hydrogens is 454 g/mol. The number of para-hydroxylation sites is 2. The molecule has 1 aliphatic heterocycles. The monoisotopic (exact) mass is 479 g/mol. The van der Waals surface area contributed by atoms with Crippen LogP contribution in [0.1, 0.15) is 28.4 Å². The summed E-state index contributed by atoms with van der Waals surface area (Å²) in [7, 11) is 1.71. The maximum Gasteiger partial charge on any atom is 0.119 e. The smallest absolute Gasteiger partial charge is 0.119 e. The fourth-order valence-electron chi connectivity index (χ4n) is 5.45. The Balaban J connectivity index is 1.57. The van der Waals surface area contributed by atoms with Gasteiger partial charge < -0.3 is 14.6 Å². The first-order valence-electron chi connectivity index (χ1n) is 12.5. The first-order chi connectivity index (χ1) is 18.3. The summed E-state index contributed by atoms with van der Waals surface area (Å²) in [6.45, 7) is 0. The summed E-state index contributed by atoms with van der Waals surface area (Å²) < 4.78 is 5.61. The van der Waals surface area contributed by atoms with Crippen LogP contribution in [0.3, 0.4) is 0 Å². The van der Waals surface area contributed by atoms with Crippen LogP contribution in [-0.2, 0) is 0 Å². The van der Waals surface area contributed by atoms with Crippen molar-refractivity contribution in [2.45, 2.75) is 6.04 Å². The SMILES string of the molecule is COc1ccc2[nH]cc(C3c4cc5ccccc5nc4C=C(c4ccccc4)N3c3ccccc3)c2c1. The molecule has 4 nitrogen and oxygen atoms in total. The quantitative estimate of drug-likeness (QED) is 0.280. The molecule has 37 heavy (non-hydrogen) atoms. The number of H-pyrrole nitrogens is 1. The second kappa shape index (κ2) is 8.68. The van der Waals surface area contributed by atoms with Crippen LogP contribution in [0, 0.1) is 0 Å². The highest BCUT2D eigenvalue weighted by atomic mass is 16.5. The molecule has 6 aromatic rings. The van der Waals surface area contributed by atoms with Gasteiger partial charge in [-0.15, -0.1) is 0 Å². The third-order valence-electron chi connectivity index (χ3n) is 7.19. The van der Waals surface area contributed by atoms with Crippen LogP contribution in [0.5, 0.6) is 5.75 Å². The molecule has 1 aliphatic rings. The number of hydrogen-bond donors (Lipinski definition) is 1. The van der Waals surface area contributed by atoms with Crippen molar-refractivity contribution in [2.24, 2.45) is 0 Å². The van der Waals surface area contributed by atoms with E-state index >= 15 is 0 Å². The minimum absolute atomic E-state index is 0.101. The number of aromatic amines is 1. The molecule has 0 saturated heterocycles. The van der Waals surface area contributed by atoms with Gasteiger partial charge in [0.25, 0.3) is 0 Å². The molecule has 7 rings (SSSR count). The van der Waals surface area contributed by atoms with E-state index in [1.54, 1.807) is 7.11 Å². The number of ether oxygens (including phenoxy) is 1. The molecule has 0 radical (unpaired) electrons. The molecule has 1 N–H and O–H groups in total. The fraction of sp³-hybridized carbons (Fsp3) is 0.0606. The van der Waals surface area contributed by atoms with Crippen LogP contribution in [-0.4, -0.2) is 17.1 Å². The summed E-state index contributed by atoms with van der Waals surface area (Å²) in [4.78, 5) is 11.1. The Bertz CT molecular complexity index is 1770. The van der Waals surface area contributed by atoms with Gasteiger partial charge in [-0.25, -0.2) is 4.98 Å². The van der Waals surface area contributed by atoms with E-state index in [0.717, 1.165) is 50.2 Å². The van der Waals surface area contributed by atoms with Crippen molar-refractivity contribution in [3.63, 3.8) is 0 Å². The largest absolute Gasteiger partial charge is 0.497 e. The number of hydrogen-bond acceptors (Lipinski definition) is 3. The molecule has 1 unspecified atom stereocenters. The third-order valence-corrected chi connectivity index (χ3v) is 7.19. The average molecular weight is 480 g/mol. The van der Waals surface area contributed by atoms with Crippen LogP contribution in [0.15, 0.2) is 115 Å². The summed E-state index contributed by atoms with van der Waals surface area (Å²) >= 11 is 0. The Morgan fingerprint density at radius 2 is 1.54 bits per heavy atom. The molecule has 0 amide bonds. The zero-order valence-electron chi connectivity index (χ0n) is 20.4. The van der Waals surface area contributed by atoms with Gasteiger partial charge >= 0.3 is 0 Å². The van der Waals surface area contributed by atoms with Gasteiger partial charge in [-0.1, -0.05) is 66.7 Å². The van der Waals surface area contributed by atoms with Gasteiger partial charge in [0, 0.05) is 39.3 Å². The summed E-state index contributed by atoms with van der Waals surface area (Å²) in [6.07, 6.45) is 4.37. The van der Waals surface area contributed by atoms with Crippen molar-refractivity contribution >= 4 is 39.3 Å². The maximum atomic E-state index is 5.61. The van der Waals surface area contributed by atoms with Crippen molar-refractivity contribution in [1.82, 2.24) is 9.97 Å². The molecule has 3 heterocycles. The van der Waals surface area contributed by atoms with Crippen LogP contribution >= 0.6 is 0 Å². The normalized spacial score (nSPS) is 15.0. The van der Waals surface area contributed by atoms with Gasteiger partial charge in [0.2, 0.25) is 0 Å². The predicted octanol–water partition coefficient (Wildman–Crippen LogP) is 7.83. The first kappa shape index (κ1) is 21.5. The summed E-state index contributed by atoms with van der Waals surface area (Å²) in [5, 5.41) is 2.27. The molecule has 0 fully saturated rings. The Hall–Kier alpha value is -4.83. The van der Waals surface area contributed by atoms with Crippen molar-refractivity contribution < 1.29 is 4.74 Å². The van der Waals surface area contributed by atoms with Crippen LogP contribution in [0.25, 0.3) is 33.6 Å². The second-order valence-electron chi connectivity index (χ2n) is 9.31. The van der Waals surface area contributed by atoms with Crippen molar-refractivity contribution in [2.75, 3.05) is 12.0 Å². The number of benzene rings is 4. The molecule has 2 aromatic heterocycles. The lowest BCUT2D eigenvalue weighted by Crippen LogP contribution is -2.31. The Kier molecular flexibility index (Phi) is 5.03. The van der Waals surface area contributed by atoms with E-state index in [0.29, 0.717) is 0 Å². The lowest BCUT2D eigenvalue weighted by molar-refractivity contribution is 0.415. The zero-order valence-corrected chi connectivity index (χ0v) is 20.4. The molecule has 4 heteroatoms. The van der Waals surface area contributed by atoms with E-state index in [1.807, 2.05) is 12.1 Å². The van der Waals surface area contributed by atoms with Gasteiger partial charge in [0.15, 0.2) is 0 Å². The van der Waals surface area contributed by atoms with Crippen molar-refractivity contribution in [1.29, 1.82) is 0 Å². The Morgan fingerprint density at radius 3 is 2.35 bits per heavy atom. The number of nitrogens with zero attached hydrogens (tertiary/aromatic N) is 2. The number of nitrogens with one attached hydrogen (secondary N) is 1. The van der Waals surface area contributed by atoms with Gasteiger partial charge in [0.05, 0.1) is 30.1 Å². The highest BCUT2D eigenvalue weighted by Gasteiger charge is 2.34. The van der Waals surface area contributed by atoms with Crippen LogP contribution < -0.4 is 9.64 Å². The topological polar surface area (TPSA) is 41.1 Å². The van der Waals surface area contributed by atoms with Crippen LogP contribution in [0.2, 0.25) is 0 Å². The average Bonchev–Trinajstić information content (AvgIpc) is 3.39. The third kappa shape index (κ3) is 3.57. The minimum Gasteiger partial charge on any atom is -0.497 e. The van der Waals surface area contributed by atoms with Gasteiger partial charge in [-0.05, 0) is 54.1 Å². The van der Waals surface area contributed by atoms with E-state index < -0.39 is 0 Å². The molecule has 0 bridgehead atoms. The number of aromatic nitrogens is 2. The number of anilines is 1. The standard InChI is InChI=1S/C33H25N3O/c1-37-25-16-17-30-26(19-25)28(21-34-30)33-27-18-23-12-8-9-15-29(23)35-31(27)20-32(22-10-4-2-5-11-22)36(33)24-13-6-3-7-14-24/h2-21,33-34H,1H3. The molecular formula is C33H25N3O. The number of rotatable bonds is 4. The molecule has 4 aromatic carbocycles. The Morgan fingerprint density at radius 1 is 0.784 bits per heavy atom. The lowest BCUT2D eigenvalue weighted by atomic mass is 9.88. The van der Waals surface area contributed by atoms with E-state index in [4.69, 9.17) is 9.72 Å². The molecule has 178 valence electrons. The van der Waals surface area contributed by atoms with Crippen LogP contribution in [0.4, 0.5) is 5.69 Å². The highest BCUT2D eigenvalue weighted by Crippen LogP contribution is 2.47. The van der Waals surface area contributed by atoms with E-state index in [9.17, 15) is 0 Å². The molecule has 1 atom stereocenters. The van der Waals surface area contributed by atoms with Crippen molar-refractivity contribution in [3.8, 4) is 5.75 Å². The summed E-state index contributed by atoms with van der Waals surface area (Å²) in [5.41, 5.74) is 8.81. The number of pyridine rings is 1. The number of methoxy groups -OCH3 is 1. The maximum absolute atomic E-state index is 5.61. The predicted molar refractivity (Wildman–Crippen MR) is 152 cm³/mol. The summed E-state index contributed by atoms with van der Waals surface area (Å²) in [6, 6.07) is 38.0. The summed E-state index contributed by atoms with van der Waals surface area (Å²) in [5.74, 6) is 0.839. The Labute approximate surface area is 215 Å². The molecule has 0 saturated carbocycles. The van der Waals surface area contributed by atoms with Gasteiger partial charge in [-0.3, -0.25) is 0 Å². The van der Waals surface area contributed by atoms with E-state index in [1.165, 1.54) is 11.1 Å². The second-order valence-corrected chi connectivity index (χ2v) is 9.31. The minimum atomic E-state index is -0.101. The fourth-order valence-corrected chi connectivity index (χ4v) is 5.45. The molecule has 0 aliphatic carbocycles. The zero-order chi connectivity index (χ0) is 24.8. The first-order valence-corrected chi connectivity index (χ1v) is 12.5. The molecule has 0 spiro atoms.